The number of aromatic nitrogens is 4. The summed E-state index contributed by atoms with van der Waals surface area (Å²) in [6, 6.07) is 0.975. The topological polar surface area (TPSA) is 130 Å². The van der Waals surface area contributed by atoms with E-state index in [1.54, 1.807) is 33.0 Å². The minimum Gasteiger partial charge on any atom is -0.358 e. The molecule has 0 aliphatic rings. The standard InChI is InChI=1S/C20H24ClFN6O3S/c1-11(2)32(30,31)26-6-4-5-17(29)12(3)27-20-16(22)10-25-19(28-20)15-9-24-18-14(15)7-13(21)8-23-18/h7-12,26H,4-6H2,1-3H3,(H,23,24)(H,25,27,28)/t12-/m0/s1. The van der Waals surface area contributed by atoms with E-state index in [0.717, 1.165) is 6.20 Å². The number of aromatic amines is 1. The van der Waals surface area contributed by atoms with E-state index >= 15 is 0 Å². The zero-order valence-electron chi connectivity index (χ0n) is 17.8. The number of sulfonamides is 1. The van der Waals surface area contributed by atoms with Crippen LogP contribution in [0.1, 0.15) is 33.6 Å². The van der Waals surface area contributed by atoms with Crippen molar-refractivity contribution in [2.24, 2.45) is 0 Å². The van der Waals surface area contributed by atoms with Gasteiger partial charge in [0.1, 0.15) is 5.65 Å². The molecular weight excluding hydrogens is 459 g/mol. The molecule has 3 heterocycles. The van der Waals surface area contributed by atoms with Crippen LogP contribution in [0.25, 0.3) is 22.4 Å². The number of Topliss-reactive ketones (excluding diaryl/α,β-unsaturated/α-hetero) is 1. The van der Waals surface area contributed by atoms with Gasteiger partial charge in [0.15, 0.2) is 23.2 Å². The van der Waals surface area contributed by atoms with Gasteiger partial charge in [0, 0.05) is 36.3 Å². The van der Waals surface area contributed by atoms with E-state index in [9.17, 15) is 17.6 Å². The van der Waals surface area contributed by atoms with Crippen LogP contribution >= 0.6 is 11.6 Å². The summed E-state index contributed by atoms with van der Waals surface area (Å²) in [5.41, 5.74) is 1.18. The summed E-state index contributed by atoms with van der Waals surface area (Å²) in [4.78, 5) is 27.9. The summed E-state index contributed by atoms with van der Waals surface area (Å²) >= 11 is 6.02. The van der Waals surface area contributed by atoms with Gasteiger partial charge >= 0.3 is 0 Å². The first kappa shape index (κ1) is 24.0. The number of carbonyl (C=O) groups is 1. The highest BCUT2D eigenvalue weighted by Crippen LogP contribution is 2.28. The first-order valence-electron chi connectivity index (χ1n) is 10.0. The Kier molecular flexibility index (Phi) is 7.42. The number of pyridine rings is 1. The molecule has 0 fully saturated rings. The lowest BCUT2D eigenvalue weighted by Crippen LogP contribution is -2.32. The van der Waals surface area contributed by atoms with E-state index in [0.29, 0.717) is 28.0 Å². The summed E-state index contributed by atoms with van der Waals surface area (Å²) < 4.78 is 40.2. The van der Waals surface area contributed by atoms with Crippen LogP contribution in [0.4, 0.5) is 10.2 Å². The summed E-state index contributed by atoms with van der Waals surface area (Å²) in [5.74, 6) is -0.766. The Hall–Kier alpha value is -2.63. The molecule has 0 unspecified atom stereocenters. The van der Waals surface area contributed by atoms with Crippen molar-refractivity contribution in [2.45, 2.75) is 44.9 Å². The predicted octanol–water partition coefficient (Wildman–Crippen LogP) is 3.29. The van der Waals surface area contributed by atoms with Gasteiger partial charge in [0.2, 0.25) is 10.0 Å². The van der Waals surface area contributed by atoms with Crippen LogP contribution in [0, 0.1) is 5.82 Å². The Bertz CT molecular complexity index is 1230. The van der Waals surface area contributed by atoms with Crippen molar-refractivity contribution in [1.82, 2.24) is 24.7 Å². The second-order valence-corrected chi connectivity index (χ2v) is 10.3. The zero-order chi connectivity index (χ0) is 23.5. The lowest BCUT2D eigenvalue weighted by Gasteiger charge is -2.15. The molecule has 0 aromatic carbocycles. The molecule has 3 aromatic heterocycles. The largest absolute Gasteiger partial charge is 0.358 e. The van der Waals surface area contributed by atoms with Crippen LogP contribution in [-0.4, -0.2) is 52.0 Å². The molecule has 0 amide bonds. The first-order chi connectivity index (χ1) is 15.1. The van der Waals surface area contributed by atoms with Gasteiger partial charge in [-0.15, -0.1) is 0 Å². The normalized spacial score (nSPS) is 12.9. The van der Waals surface area contributed by atoms with E-state index in [4.69, 9.17) is 11.6 Å². The van der Waals surface area contributed by atoms with Crippen molar-refractivity contribution in [2.75, 3.05) is 11.9 Å². The highest BCUT2D eigenvalue weighted by Gasteiger charge is 2.19. The third-order valence-electron chi connectivity index (χ3n) is 4.84. The van der Waals surface area contributed by atoms with Crippen LogP contribution in [0.15, 0.2) is 24.7 Å². The number of H-pyrrole nitrogens is 1. The number of anilines is 1. The molecule has 0 spiro atoms. The minimum atomic E-state index is -3.37. The molecule has 0 aliphatic carbocycles. The number of carbonyl (C=O) groups excluding carboxylic acids is 1. The fourth-order valence-electron chi connectivity index (χ4n) is 2.91. The maximum absolute atomic E-state index is 14.3. The molecule has 0 aliphatic heterocycles. The van der Waals surface area contributed by atoms with Crippen LogP contribution in [0.2, 0.25) is 5.02 Å². The van der Waals surface area contributed by atoms with Gasteiger partial charge < -0.3 is 10.3 Å². The lowest BCUT2D eigenvalue weighted by molar-refractivity contribution is -0.119. The monoisotopic (exact) mass is 482 g/mol. The molecule has 32 heavy (non-hydrogen) atoms. The van der Waals surface area contributed by atoms with Crippen LogP contribution < -0.4 is 10.0 Å². The molecule has 3 rings (SSSR count). The van der Waals surface area contributed by atoms with E-state index < -0.39 is 27.1 Å². The van der Waals surface area contributed by atoms with E-state index in [1.807, 2.05) is 0 Å². The van der Waals surface area contributed by atoms with Crippen molar-refractivity contribution >= 4 is 44.3 Å². The quantitative estimate of drug-likeness (QED) is 0.378. The van der Waals surface area contributed by atoms with Gasteiger partial charge in [0.05, 0.1) is 22.5 Å². The molecule has 172 valence electrons. The highest BCUT2D eigenvalue weighted by atomic mass is 35.5. The Morgan fingerprint density at radius 2 is 2.00 bits per heavy atom. The number of ketones is 1. The summed E-state index contributed by atoms with van der Waals surface area (Å²) in [7, 11) is -3.37. The Morgan fingerprint density at radius 3 is 2.72 bits per heavy atom. The predicted molar refractivity (Wildman–Crippen MR) is 121 cm³/mol. The molecule has 0 saturated heterocycles. The summed E-state index contributed by atoms with van der Waals surface area (Å²) in [6.07, 6.45) is 4.64. The Morgan fingerprint density at radius 1 is 1.25 bits per heavy atom. The van der Waals surface area contributed by atoms with Gasteiger partial charge in [-0.1, -0.05) is 11.6 Å². The molecule has 9 nitrogen and oxygen atoms in total. The Labute approximate surface area is 190 Å². The molecule has 3 aromatic rings. The second-order valence-electron chi connectivity index (χ2n) is 7.57. The zero-order valence-corrected chi connectivity index (χ0v) is 19.4. The smallest absolute Gasteiger partial charge is 0.213 e. The fraction of sp³-hybridized carbons (Fsp3) is 0.400. The first-order valence-corrected chi connectivity index (χ1v) is 11.9. The lowest BCUT2D eigenvalue weighted by atomic mass is 10.1. The van der Waals surface area contributed by atoms with Crippen molar-refractivity contribution in [3.63, 3.8) is 0 Å². The van der Waals surface area contributed by atoms with Gasteiger partial charge in [-0.3, -0.25) is 4.79 Å². The van der Waals surface area contributed by atoms with E-state index in [2.05, 4.69) is 30.0 Å². The number of hydrogen-bond acceptors (Lipinski definition) is 7. The average Bonchev–Trinajstić information content (AvgIpc) is 3.15. The maximum atomic E-state index is 14.3. The van der Waals surface area contributed by atoms with Crippen LogP contribution in [0.3, 0.4) is 0 Å². The third-order valence-corrected chi connectivity index (χ3v) is 6.90. The van der Waals surface area contributed by atoms with Crippen LogP contribution in [-0.2, 0) is 14.8 Å². The molecule has 0 saturated carbocycles. The Balaban J connectivity index is 1.67. The molecule has 12 heteroatoms. The summed E-state index contributed by atoms with van der Waals surface area (Å²) in [6.45, 7) is 4.90. The van der Waals surface area contributed by atoms with Crippen LogP contribution in [0.5, 0.6) is 0 Å². The minimum absolute atomic E-state index is 0.110. The van der Waals surface area contributed by atoms with E-state index in [-0.39, 0.29) is 30.4 Å². The van der Waals surface area contributed by atoms with E-state index in [1.165, 1.54) is 6.20 Å². The molecular formula is C20H24ClFN6O3S. The molecule has 0 radical (unpaired) electrons. The number of nitrogens with one attached hydrogen (secondary N) is 3. The second kappa shape index (κ2) is 9.88. The number of halogens is 2. The van der Waals surface area contributed by atoms with Crippen molar-refractivity contribution in [1.29, 1.82) is 0 Å². The molecule has 3 N–H and O–H groups in total. The number of nitrogens with zero attached hydrogens (tertiary/aromatic N) is 3. The number of rotatable bonds is 10. The highest BCUT2D eigenvalue weighted by molar-refractivity contribution is 7.90. The van der Waals surface area contributed by atoms with Crippen molar-refractivity contribution < 1.29 is 17.6 Å². The van der Waals surface area contributed by atoms with Crippen molar-refractivity contribution in [3.8, 4) is 11.4 Å². The number of fused-ring (bicyclic) bond motifs is 1. The maximum Gasteiger partial charge on any atom is 0.213 e. The van der Waals surface area contributed by atoms with Crippen molar-refractivity contribution in [3.05, 3.63) is 35.5 Å². The third kappa shape index (κ3) is 5.59. The van der Waals surface area contributed by atoms with Gasteiger partial charge in [0.25, 0.3) is 0 Å². The summed E-state index contributed by atoms with van der Waals surface area (Å²) in [5, 5.41) is 3.36. The average molecular weight is 483 g/mol. The number of hydrogen-bond donors (Lipinski definition) is 3. The van der Waals surface area contributed by atoms with Gasteiger partial charge in [-0.05, 0) is 33.3 Å². The molecule has 1 atom stereocenters. The van der Waals surface area contributed by atoms with Gasteiger partial charge in [-0.2, -0.15) is 0 Å². The SMILES string of the molecule is CC(C)S(=O)(=O)NCCCC(=O)[C@H](C)Nc1nc(-c2c[nH]c3ncc(Cl)cc23)ncc1F. The van der Waals surface area contributed by atoms with Gasteiger partial charge in [-0.25, -0.2) is 32.5 Å². The molecule has 0 bridgehead atoms. The fourth-order valence-corrected chi connectivity index (χ4v) is 3.83.